The average molecular weight is 310 g/mol. The summed E-state index contributed by atoms with van der Waals surface area (Å²) in [6.45, 7) is 3.28. The van der Waals surface area contributed by atoms with E-state index in [9.17, 15) is 13.2 Å². The van der Waals surface area contributed by atoms with Gasteiger partial charge in [-0.05, 0) is 37.5 Å². The molecule has 1 aromatic rings. The first kappa shape index (κ1) is 16.0. The third-order valence-electron chi connectivity index (χ3n) is 4.51. The molecule has 0 saturated carbocycles. The molecule has 6 heteroatoms. The smallest absolute Gasteiger partial charge is 0.227 e. The summed E-state index contributed by atoms with van der Waals surface area (Å²) in [5.41, 5.74) is 8.89. The Kier molecular flexibility index (Phi) is 3.88. The van der Waals surface area contributed by atoms with Crippen molar-refractivity contribution in [2.75, 3.05) is 18.2 Å². The lowest BCUT2D eigenvalue weighted by Gasteiger charge is -2.32. The molecule has 1 aliphatic heterocycles. The number of fused-ring (bicyclic) bond motifs is 1. The molecule has 0 spiro atoms. The van der Waals surface area contributed by atoms with E-state index in [1.807, 2.05) is 18.2 Å². The quantitative estimate of drug-likeness (QED) is 0.915. The first-order valence-electron chi connectivity index (χ1n) is 6.90. The van der Waals surface area contributed by atoms with Gasteiger partial charge in [-0.15, -0.1) is 0 Å². The second kappa shape index (κ2) is 5.10. The minimum atomic E-state index is -3.28. The predicted molar refractivity (Wildman–Crippen MR) is 84.0 cm³/mol. The first-order chi connectivity index (χ1) is 9.55. The SMILES string of the molecule is CN1C(=O)CCc2cc(C(N)C(C)(C)S(C)(=O)=O)ccc21. The van der Waals surface area contributed by atoms with Crippen molar-refractivity contribution < 1.29 is 13.2 Å². The molecule has 1 atom stereocenters. The van der Waals surface area contributed by atoms with E-state index >= 15 is 0 Å². The summed E-state index contributed by atoms with van der Waals surface area (Å²) in [5.74, 6) is 0.0935. The molecule has 2 N–H and O–H groups in total. The molecule has 0 radical (unpaired) electrons. The number of anilines is 1. The Labute approximate surface area is 126 Å². The van der Waals surface area contributed by atoms with Gasteiger partial charge in [-0.3, -0.25) is 4.79 Å². The molecule has 0 bridgehead atoms. The van der Waals surface area contributed by atoms with Crippen LogP contribution in [0.15, 0.2) is 18.2 Å². The van der Waals surface area contributed by atoms with Crippen molar-refractivity contribution in [3.63, 3.8) is 0 Å². The van der Waals surface area contributed by atoms with Crippen molar-refractivity contribution in [1.82, 2.24) is 0 Å². The van der Waals surface area contributed by atoms with Crippen LogP contribution in [0.1, 0.15) is 37.4 Å². The highest BCUT2D eigenvalue weighted by atomic mass is 32.2. The number of carbonyl (C=O) groups is 1. The number of benzene rings is 1. The van der Waals surface area contributed by atoms with E-state index in [0.29, 0.717) is 12.8 Å². The van der Waals surface area contributed by atoms with Crippen molar-refractivity contribution >= 4 is 21.4 Å². The van der Waals surface area contributed by atoms with Gasteiger partial charge >= 0.3 is 0 Å². The third kappa shape index (κ3) is 2.70. The molecule has 0 aromatic heterocycles. The maximum absolute atomic E-state index is 11.9. The highest BCUT2D eigenvalue weighted by molar-refractivity contribution is 7.92. The largest absolute Gasteiger partial charge is 0.323 e. The zero-order valence-corrected chi connectivity index (χ0v) is 13.7. The Bertz CT molecular complexity index is 680. The fourth-order valence-corrected chi connectivity index (χ4v) is 3.10. The molecule has 5 nitrogen and oxygen atoms in total. The molecular formula is C15H22N2O3S. The Hall–Kier alpha value is -1.40. The molecule has 2 rings (SSSR count). The number of hydrogen-bond acceptors (Lipinski definition) is 4. The van der Waals surface area contributed by atoms with Gasteiger partial charge in [-0.1, -0.05) is 12.1 Å². The van der Waals surface area contributed by atoms with E-state index in [2.05, 4.69) is 0 Å². The molecule has 0 aliphatic carbocycles. The second-order valence-electron chi connectivity index (χ2n) is 6.19. The molecule has 0 fully saturated rings. The molecule has 1 aromatic carbocycles. The Morgan fingerprint density at radius 1 is 1.29 bits per heavy atom. The summed E-state index contributed by atoms with van der Waals surface area (Å²) in [6, 6.07) is 4.97. The van der Waals surface area contributed by atoms with Gasteiger partial charge in [0, 0.05) is 31.5 Å². The van der Waals surface area contributed by atoms with Crippen LogP contribution in [-0.4, -0.2) is 32.4 Å². The fraction of sp³-hybridized carbons (Fsp3) is 0.533. The lowest BCUT2D eigenvalue weighted by Crippen LogP contribution is -2.42. The van der Waals surface area contributed by atoms with Crippen LogP contribution in [0.25, 0.3) is 0 Å². The average Bonchev–Trinajstić information content (AvgIpc) is 2.40. The van der Waals surface area contributed by atoms with Crippen molar-refractivity contribution in [3.05, 3.63) is 29.3 Å². The predicted octanol–water partition coefficient (Wildman–Crippen LogP) is 1.42. The first-order valence-corrected chi connectivity index (χ1v) is 8.79. The van der Waals surface area contributed by atoms with Crippen LogP contribution in [0.4, 0.5) is 5.69 Å². The van der Waals surface area contributed by atoms with E-state index in [1.54, 1.807) is 25.8 Å². The van der Waals surface area contributed by atoms with Gasteiger partial charge in [0.15, 0.2) is 9.84 Å². The van der Waals surface area contributed by atoms with Crippen molar-refractivity contribution in [2.45, 2.75) is 37.5 Å². The molecule has 0 saturated heterocycles. The van der Waals surface area contributed by atoms with Crippen molar-refractivity contribution in [3.8, 4) is 0 Å². The van der Waals surface area contributed by atoms with Gasteiger partial charge in [-0.2, -0.15) is 0 Å². The summed E-state index contributed by atoms with van der Waals surface area (Å²) in [7, 11) is -1.53. The Morgan fingerprint density at radius 2 is 1.90 bits per heavy atom. The standard InChI is InChI=1S/C15H22N2O3S/c1-15(2,21(4,19)20)14(16)11-5-7-12-10(9-11)6-8-13(18)17(12)3/h5,7,9,14H,6,8,16H2,1-4H3. The summed E-state index contributed by atoms with van der Waals surface area (Å²) in [5, 5.41) is 0. The number of rotatable bonds is 3. The molecule has 1 heterocycles. The number of hydrogen-bond donors (Lipinski definition) is 1. The topological polar surface area (TPSA) is 80.5 Å². The van der Waals surface area contributed by atoms with E-state index in [4.69, 9.17) is 5.73 Å². The second-order valence-corrected chi connectivity index (χ2v) is 8.79. The number of nitrogens with two attached hydrogens (primary N) is 1. The minimum Gasteiger partial charge on any atom is -0.323 e. The molecule has 1 amide bonds. The zero-order chi connectivity index (χ0) is 16.0. The van der Waals surface area contributed by atoms with Crippen LogP contribution in [0.2, 0.25) is 0 Å². The summed E-state index contributed by atoms with van der Waals surface area (Å²) in [4.78, 5) is 13.3. The van der Waals surface area contributed by atoms with E-state index in [-0.39, 0.29) is 5.91 Å². The van der Waals surface area contributed by atoms with Crippen molar-refractivity contribution in [1.29, 1.82) is 0 Å². The van der Waals surface area contributed by atoms with Gasteiger partial charge < -0.3 is 10.6 Å². The number of nitrogens with zero attached hydrogens (tertiary/aromatic N) is 1. The number of carbonyl (C=O) groups excluding carboxylic acids is 1. The van der Waals surface area contributed by atoms with Gasteiger partial charge in [0.2, 0.25) is 5.91 Å². The van der Waals surface area contributed by atoms with Crippen LogP contribution >= 0.6 is 0 Å². The Balaban J connectivity index is 2.42. The van der Waals surface area contributed by atoms with Crippen molar-refractivity contribution in [2.24, 2.45) is 5.73 Å². The van der Waals surface area contributed by atoms with Crippen LogP contribution in [0, 0.1) is 0 Å². The zero-order valence-electron chi connectivity index (χ0n) is 12.9. The summed E-state index contributed by atoms with van der Waals surface area (Å²) < 4.78 is 22.8. The molecule has 1 unspecified atom stereocenters. The summed E-state index contributed by atoms with van der Waals surface area (Å²) in [6.07, 6.45) is 2.34. The normalized spacial score (nSPS) is 17.6. The minimum absolute atomic E-state index is 0.0935. The third-order valence-corrected chi connectivity index (χ3v) is 6.68. The summed E-state index contributed by atoms with van der Waals surface area (Å²) >= 11 is 0. The highest BCUT2D eigenvalue weighted by Gasteiger charge is 2.38. The Morgan fingerprint density at radius 3 is 2.48 bits per heavy atom. The van der Waals surface area contributed by atoms with Gasteiger partial charge in [0.25, 0.3) is 0 Å². The number of aryl methyl sites for hydroxylation is 1. The van der Waals surface area contributed by atoms with Gasteiger partial charge in [-0.25, -0.2) is 8.42 Å². The van der Waals surface area contributed by atoms with Crippen LogP contribution in [0.5, 0.6) is 0 Å². The monoisotopic (exact) mass is 310 g/mol. The fourth-order valence-electron chi connectivity index (χ4n) is 2.50. The van der Waals surface area contributed by atoms with E-state index in [0.717, 1.165) is 16.8 Å². The van der Waals surface area contributed by atoms with Crippen LogP contribution < -0.4 is 10.6 Å². The highest BCUT2D eigenvalue weighted by Crippen LogP contribution is 2.34. The van der Waals surface area contributed by atoms with Crippen LogP contribution in [0.3, 0.4) is 0 Å². The lowest BCUT2D eigenvalue weighted by molar-refractivity contribution is -0.118. The maximum Gasteiger partial charge on any atom is 0.227 e. The molecule has 1 aliphatic rings. The van der Waals surface area contributed by atoms with E-state index < -0.39 is 20.6 Å². The maximum atomic E-state index is 11.9. The van der Waals surface area contributed by atoms with E-state index in [1.165, 1.54) is 6.26 Å². The number of sulfone groups is 1. The number of amides is 1. The van der Waals surface area contributed by atoms with Crippen LogP contribution in [-0.2, 0) is 21.1 Å². The van der Waals surface area contributed by atoms with Gasteiger partial charge in [0.1, 0.15) is 0 Å². The molecule has 21 heavy (non-hydrogen) atoms. The lowest BCUT2D eigenvalue weighted by atomic mass is 9.91. The van der Waals surface area contributed by atoms with Gasteiger partial charge in [0.05, 0.1) is 4.75 Å². The molecular weight excluding hydrogens is 288 g/mol. The molecule has 116 valence electrons.